The molecule has 1 amide bonds. The molecule has 1 aromatic heterocycles. The minimum absolute atomic E-state index is 0.00214. The number of carbonyl (C=O) groups is 1. The number of rotatable bonds is 6. The maximum Gasteiger partial charge on any atom is 0.274 e. The summed E-state index contributed by atoms with van der Waals surface area (Å²) in [5.74, 6) is -1.64. The van der Waals surface area contributed by atoms with Gasteiger partial charge in [0, 0.05) is 17.7 Å². The van der Waals surface area contributed by atoms with Crippen LogP contribution in [-0.4, -0.2) is 21.9 Å². The Labute approximate surface area is 161 Å². The maximum absolute atomic E-state index is 13.9. The highest BCUT2D eigenvalue weighted by molar-refractivity contribution is 6.03. The van der Waals surface area contributed by atoms with E-state index in [2.05, 4.69) is 20.6 Å². The zero-order valence-corrected chi connectivity index (χ0v) is 15.5. The Morgan fingerprint density at radius 2 is 1.71 bits per heavy atom. The molecule has 144 valence electrons. The highest BCUT2D eigenvalue weighted by Gasteiger charge is 2.17. The first-order valence-electron chi connectivity index (χ1n) is 8.94. The highest BCUT2D eigenvalue weighted by Crippen LogP contribution is 2.22. The Morgan fingerprint density at radius 3 is 2.36 bits per heavy atom. The van der Waals surface area contributed by atoms with E-state index in [4.69, 9.17) is 0 Å². The number of aromatic nitrogens is 2. The Bertz CT molecular complexity index is 959. The number of carbonyl (C=O) groups excluding carboxylic acids is 1. The zero-order valence-electron chi connectivity index (χ0n) is 15.5. The van der Waals surface area contributed by atoms with Gasteiger partial charge in [-0.05, 0) is 25.5 Å². The zero-order chi connectivity index (χ0) is 20.1. The third kappa shape index (κ3) is 4.49. The monoisotopic (exact) mass is 382 g/mol. The van der Waals surface area contributed by atoms with Gasteiger partial charge in [0.25, 0.3) is 5.91 Å². The second-order valence-corrected chi connectivity index (χ2v) is 6.33. The number of halogens is 2. The lowest BCUT2D eigenvalue weighted by Crippen LogP contribution is -2.19. The van der Waals surface area contributed by atoms with Crippen molar-refractivity contribution in [3.8, 4) is 11.4 Å². The van der Waals surface area contributed by atoms with Crippen LogP contribution in [0.25, 0.3) is 11.4 Å². The molecule has 0 spiro atoms. The molecule has 2 N–H and O–H groups in total. The topological polar surface area (TPSA) is 66.9 Å². The maximum atomic E-state index is 13.9. The Morgan fingerprint density at radius 1 is 1.04 bits per heavy atom. The predicted octanol–water partition coefficient (Wildman–Crippen LogP) is 4.88. The normalized spacial score (nSPS) is 11.7. The van der Waals surface area contributed by atoms with E-state index in [1.807, 2.05) is 44.2 Å². The van der Waals surface area contributed by atoms with E-state index in [0.717, 1.165) is 24.1 Å². The molecule has 0 fully saturated rings. The van der Waals surface area contributed by atoms with E-state index < -0.39 is 23.2 Å². The van der Waals surface area contributed by atoms with Crippen molar-refractivity contribution in [1.29, 1.82) is 0 Å². The van der Waals surface area contributed by atoms with Crippen molar-refractivity contribution in [1.82, 2.24) is 9.97 Å². The molecule has 1 unspecified atom stereocenters. The number of amides is 1. The third-order valence-electron chi connectivity index (χ3n) is 4.20. The molecule has 0 saturated heterocycles. The number of nitrogens with zero attached hydrogens (tertiary/aromatic N) is 2. The fourth-order valence-electron chi connectivity index (χ4n) is 2.50. The van der Waals surface area contributed by atoms with Gasteiger partial charge in [-0.25, -0.2) is 18.7 Å². The first-order chi connectivity index (χ1) is 13.5. The van der Waals surface area contributed by atoms with Gasteiger partial charge < -0.3 is 10.6 Å². The first-order valence-corrected chi connectivity index (χ1v) is 8.94. The Hall–Kier alpha value is -3.35. The predicted molar refractivity (Wildman–Crippen MR) is 105 cm³/mol. The van der Waals surface area contributed by atoms with Crippen LogP contribution in [0.2, 0.25) is 0 Å². The van der Waals surface area contributed by atoms with Gasteiger partial charge in [0.05, 0.1) is 0 Å². The van der Waals surface area contributed by atoms with E-state index in [9.17, 15) is 13.6 Å². The number of anilines is 2. The van der Waals surface area contributed by atoms with E-state index in [1.165, 1.54) is 12.1 Å². The molecular weight excluding hydrogens is 362 g/mol. The van der Waals surface area contributed by atoms with Crippen LogP contribution in [-0.2, 0) is 0 Å². The summed E-state index contributed by atoms with van der Waals surface area (Å²) < 4.78 is 27.7. The summed E-state index contributed by atoms with van der Waals surface area (Å²) in [5.41, 5.74) is 0.215. The summed E-state index contributed by atoms with van der Waals surface area (Å²) in [7, 11) is 0. The molecule has 1 heterocycles. The van der Waals surface area contributed by atoms with Crippen LogP contribution in [0, 0.1) is 11.6 Å². The molecule has 0 aliphatic carbocycles. The van der Waals surface area contributed by atoms with Gasteiger partial charge in [-0.1, -0.05) is 43.3 Å². The molecule has 5 nitrogen and oxygen atoms in total. The van der Waals surface area contributed by atoms with Crippen LogP contribution >= 0.6 is 0 Å². The fourth-order valence-corrected chi connectivity index (χ4v) is 2.50. The van der Waals surface area contributed by atoms with Crippen molar-refractivity contribution in [3.05, 3.63) is 71.9 Å². The van der Waals surface area contributed by atoms with Gasteiger partial charge in [-0.2, -0.15) is 0 Å². The van der Waals surface area contributed by atoms with Crippen molar-refractivity contribution in [2.75, 3.05) is 10.6 Å². The number of benzene rings is 2. The molecule has 0 aliphatic heterocycles. The summed E-state index contributed by atoms with van der Waals surface area (Å²) in [5, 5.41) is 5.47. The van der Waals surface area contributed by atoms with Gasteiger partial charge in [0.2, 0.25) is 0 Å². The van der Waals surface area contributed by atoms with Crippen molar-refractivity contribution < 1.29 is 13.6 Å². The van der Waals surface area contributed by atoms with Crippen LogP contribution < -0.4 is 10.6 Å². The third-order valence-corrected chi connectivity index (χ3v) is 4.20. The molecule has 0 saturated carbocycles. The largest absolute Gasteiger partial charge is 0.367 e. The Balaban J connectivity index is 1.99. The summed E-state index contributed by atoms with van der Waals surface area (Å²) >= 11 is 0. The van der Waals surface area contributed by atoms with Gasteiger partial charge in [0.15, 0.2) is 5.82 Å². The molecular formula is C21H20F2N4O. The second kappa shape index (κ2) is 8.56. The molecule has 7 heteroatoms. The SMILES string of the molecule is CCC(C)Nc1cc(C(=O)Nc2c(F)cccc2F)nc(-c2ccccc2)n1. The number of nitrogens with one attached hydrogen (secondary N) is 2. The van der Waals surface area contributed by atoms with Crippen LogP contribution in [0.3, 0.4) is 0 Å². The highest BCUT2D eigenvalue weighted by atomic mass is 19.1. The quantitative estimate of drug-likeness (QED) is 0.637. The average Bonchev–Trinajstić information content (AvgIpc) is 2.71. The number of hydrogen-bond acceptors (Lipinski definition) is 4. The lowest BCUT2D eigenvalue weighted by atomic mass is 10.2. The van der Waals surface area contributed by atoms with Crippen molar-refractivity contribution in [2.45, 2.75) is 26.3 Å². The minimum atomic E-state index is -0.858. The van der Waals surface area contributed by atoms with E-state index in [-0.39, 0.29) is 11.7 Å². The first kappa shape index (κ1) is 19.4. The molecule has 0 bridgehead atoms. The van der Waals surface area contributed by atoms with Crippen molar-refractivity contribution in [3.63, 3.8) is 0 Å². The molecule has 28 heavy (non-hydrogen) atoms. The fraction of sp³-hybridized carbons (Fsp3) is 0.190. The van der Waals surface area contributed by atoms with Crippen LogP contribution in [0.5, 0.6) is 0 Å². The van der Waals surface area contributed by atoms with Crippen LogP contribution in [0.4, 0.5) is 20.3 Å². The van der Waals surface area contributed by atoms with Gasteiger partial charge in [-0.15, -0.1) is 0 Å². The van der Waals surface area contributed by atoms with E-state index in [0.29, 0.717) is 11.6 Å². The molecule has 0 radical (unpaired) electrons. The molecule has 3 aromatic rings. The summed E-state index contributed by atoms with van der Waals surface area (Å²) in [6.45, 7) is 4.00. The number of hydrogen-bond donors (Lipinski definition) is 2. The van der Waals surface area contributed by atoms with E-state index in [1.54, 1.807) is 0 Å². The summed E-state index contributed by atoms with van der Waals surface area (Å²) in [4.78, 5) is 21.4. The average molecular weight is 382 g/mol. The van der Waals surface area contributed by atoms with Gasteiger partial charge in [0.1, 0.15) is 28.8 Å². The van der Waals surface area contributed by atoms with Crippen LogP contribution in [0.1, 0.15) is 30.8 Å². The van der Waals surface area contributed by atoms with Crippen LogP contribution in [0.15, 0.2) is 54.6 Å². The molecule has 0 aliphatic rings. The standard InChI is InChI=1S/C21H20F2N4O/c1-3-13(2)24-18-12-17(25-20(26-18)14-8-5-4-6-9-14)21(28)27-19-15(22)10-7-11-16(19)23/h4-13H,3H2,1-2H3,(H,27,28)(H,24,25,26). The molecule has 2 aromatic carbocycles. The van der Waals surface area contributed by atoms with Gasteiger partial charge >= 0.3 is 0 Å². The summed E-state index contributed by atoms with van der Waals surface area (Å²) in [6.07, 6.45) is 0.854. The molecule has 3 rings (SSSR count). The lowest BCUT2D eigenvalue weighted by molar-refractivity contribution is 0.102. The lowest BCUT2D eigenvalue weighted by Gasteiger charge is -2.14. The van der Waals surface area contributed by atoms with Crippen molar-refractivity contribution >= 4 is 17.4 Å². The smallest absolute Gasteiger partial charge is 0.274 e. The second-order valence-electron chi connectivity index (χ2n) is 6.33. The summed E-state index contributed by atoms with van der Waals surface area (Å²) in [6, 6.07) is 14.1. The Kier molecular flexibility index (Phi) is 5.93. The van der Waals surface area contributed by atoms with E-state index >= 15 is 0 Å². The minimum Gasteiger partial charge on any atom is -0.367 e. The van der Waals surface area contributed by atoms with Gasteiger partial charge in [-0.3, -0.25) is 4.79 Å². The molecule has 1 atom stereocenters. The number of para-hydroxylation sites is 1. The van der Waals surface area contributed by atoms with Crippen molar-refractivity contribution in [2.24, 2.45) is 0 Å².